The molecule has 17 heavy (non-hydrogen) atoms. The first-order chi connectivity index (χ1) is 8.08. The molecule has 0 aliphatic carbocycles. The predicted octanol–water partition coefficient (Wildman–Crippen LogP) is 2.88. The summed E-state index contributed by atoms with van der Waals surface area (Å²) < 4.78 is 1.01. The summed E-state index contributed by atoms with van der Waals surface area (Å²) in [5.74, 6) is -0.0631. The topological polar surface area (TPSA) is 32.3 Å². The van der Waals surface area contributed by atoms with Gasteiger partial charge in [0.25, 0.3) is 5.91 Å². The van der Waals surface area contributed by atoms with Crippen molar-refractivity contribution in [2.24, 2.45) is 0 Å². The zero-order valence-corrected chi connectivity index (χ0v) is 11.8. The van der Waals surface area contributed by atoms with Crippen LogP contribution in [0.5, 0.6) is 0 Å². The zero-order valence-electron chi connectivity index (χ0n) is 9.50. The van der Waals surface area contributed by atoms with Crippen LogP contribution in [0.15, 0.2) is 6.07 Å². The number of nitrogens with zero attached hydrogens (tertiary/aromatic N) is 1. The van der Waals surface area contributed by atoms with E-state index in [1.807, 2.05) is 0 Å². The maximum absolute atomic E-state index is 12.1. The van der Waals surface area contributed by atoms with Crippen LogP contribution in [0.2, 0.25) is 8.67 Å². The maximum Gasteiger partial charge on any atom is 0.256 e. The highest BCUT2D eigenvalue weighted by Gasteiger charge is 2.22. The summed E-state index contributed by atoms with van der Waals surface area (Å²) in [6.45, 7) is 1.75. The first kappa shape index (κ1) is 13.1. The van der Waals surface area contributed by atoms with Crippen molar-refractivity contribution in [3.63, 3.8) is 0 Å². The zero-order chi connectivity index (χ0) is 12.4. The molecule has 1 saturated heterocycles. The molecule has 1 aromatic rings. The Balaban J connectivity index is 2.01. The molecule has 1 amide bonds. The van der Waals surface area contributed by atoms with E-state index < -0.39 is 0 Å². The third kappa shape index (κ3) is 3.13. The molecule has 6 heteroatoms. The van der Waals surface area contributed by atoms with Gasteiger partial charge in [-0.15, -0.1) is 11.3 Å². The smallest absolute Gasteiger partial charge is 0.256 e. The summed E-state index contributed by atoms with van der Waals surface area (Å²) >= 11 is 13.0. The second-order valence-electron chi connectivity index (χ2n) is 4.22. The van der Waals surface area contributed by atoms with Crippen molar-refractivity contribution in [1.82, 2.24) is 10.2 Å². The number of rotatable bonds is 3. The lowest BCUT2D eigenvalue weighted by Gasteiger charge is -2.21. The summed E-state index contributed by atoms with van der Waals surface area (Å²) in [5.41, 5.74) is 0.502. The van der Waals surface area contributed by atoms with Crippen LogP contribution >= 0.6 is 34.5 Å². The fraction of sp³-hybridized carbons (Fsp3) is 0.545. The molecule has 3 nitrogen and oxygen atoms in total. The highest BCUT2D eigenvalue weighted by Crippen LogP contribution is 2.31. The molecule has 1 N–H and O–H groups in total. The molecule has 1 fully saturated rings. The van der Waals surface area contributed by atoms with Crippen LogP contribution in [0.25, 0.3) is 0 Å². The average molecular weight is 293 g/mol. The summed E-state index contributed by atoms with van der Waals surface area (Å²) in [5, 5.41) is 3.36. The Morgan fingerprint density at radius 2 is 2.41 bits per heavy atom. The van der Waals surface area contributed by atoms with Crippen molar-refractivity contribution in [1.29, 1.82) is 0 Å². The van der Waals surface area contributed by atoms with Gasteiger partial charge in [-0.05, 0) is 25.5 Å². The third-order valence-corrected chi connectivity index (χ3v) is 4.38. The normalized spacial score (nSPS) is 19.6. The predicted molar refractivity (Wildman–Crippen MR) is 72.3 cm³/mol. The number of hydrogen-bond acceptors (Lipinski definition) is 3. The quantitative estimate of drug-likeness (QED) is 0.929. The Morgan fingerprint density at radius 3 is 2.94 bits per heavy atom. The molecule has 0 spiro atoms. The molecule has 1 aliphatic heterocycles. The van der Waals surface area contributed by atoms with Gasteiger partial charge in [0.15, 0.2) is 0 Å². The summed E-state index contributed by atoms with van der Waals surface area (Å²) in [7, 11) is 1.80. The molecule has 0 saturated carbocycles. The Labute approximate surface area is 115 Å². The Bertz CT molecular complexity index is 416. The lowest BCUT2D eigenvalue weighted by molar-refractivity contribution is 0.0784. The van der Waals surface area contributed by atoms with Crippen LogP contribution in [0.1, 0.15) is 23.2 Å². The van der Waals surface area contributed by atoms with Gasteiger partial charge in [-0.2, -0.15) is 0 Å². The summed E-state index contributed by atoms with van der Waals surface area (Å²) in [6.07, 6.45) is 2.30. The van der Waals surface area contributed by atoms with Crippen LogP contribution in [-0.2, 0) is 0 Å². The van der Waals surface area contributed by atoms with Crippen LogP contribution < -0.4 is 5.32 Å². The molecular formula is C11H14Cl2N2OS. The largest absolute Gasteiger partial charge is 0.340 e. The minimum Gasteiger partial charge on any atom is -0.340 e. The van der Waals surface area contributed by atoms with Gasteiger partial charge in [-0.1, -0.05) is 23.2 Å². The second kappa shape index (κ2) is 5.57. The van der Waals surface area contributed by atoms with Crippen LogP contribution in [-0.4, -0.2) is 37.0 Å². The van der Waals surface area contributed by atoms with E-state index >= 15 is 0 Å². The van der Waals surface area contributed by atoms with Crippen LogP contribution in [0.4, 0.5) is 0 Å². The number of hydrogen-bond donors (Lipinski definition) is 1. The summed E-state index contributed by atoms with van der Waals surface area (Å²) in [4.78, 5) is 13.8. The maximum atomic E-state index is 12.1. The number of carbonyl (C=O) groups excluding carboxylic acids is 1. The van der Waals surface area contributed by atoms with Gasteiger partial charge in [0.1, 0.15) is 4.34 Å². The first-order valence-electron chi connectivity index (χ1n) is 5.51. The van der Waals surface area contributed by atoms with E-state index in [2.05, 4.69) is 5.32 Å². The van der Waals surface area contributed by atoms with E-state index in [0.29, 0.717) is 26.8 Å². The van der Waals surface area contributed by atoms with E-state index in [9.17, 15) is 4.79 Å². The molecule has 0 bridgehead atoms. The van der Waals surface area contributed by atoms with Crippen molar-refractivity contribution in [2.45, 2.75) is 18.9 Å². The molecule has 94 valence electrons. The second-order valence-corrected chi connectivity index (χ2v) is 6.50. The Morgan fingerprint density at radius 1 is 1.65 bits per heavy atom. The van der Waals surface area contributed by atoms with E-state index in [-0.39, 0.29) is 5.91 Å². The standard InChI is InChI=1S/C11H14Cl2N2OS/c1-15(6-7-3-2-4-14-7)11(16)8-5-9(12)17-10(8)13/h5,7,14H,2-4,6H2,1H3. The minimum absolute atomic E-state index is 0.0631. The number of carbonyl (C=O) groups is 1. The van der Waals surface area contributed by atoms with Gasteiger partial charge in [0.05, 0.1) is 9.90 Å². The van der Waals surface area contributed by atoms with Crippen molar-refractivity contribution in [3.8, 4) is 0 Å². The molecule has 1 atom stereocenters. The number of nitrogens with one attached hydrogen (secondary N) is 1. The van der Waals surface area contributed by atoms with Crippen molar-refractivity contribution >= 4 is 40.4 Å². The highest BCUT2D eigenvalue weighted by atomic mass is 35.5. The molecule has 0 radical (unpaired) electrons. The highest BCUT2D eigenvalue weighted by molar-refractivity contribution is 7.20. The number of likely N-dealkylation sites (N-methyl/N-ethyl adjacent to an activating group) is 1. The third-order valence-electron chi connectivity index (χ3n) is 2.89. The molecule has 2 heterocycles. The SMILES string of the molecule is CN(CC1CCCN1)C(=O)c1cc(Cl)sc1Cl. The molecule has 1 aromatic heterocycles. The Hall–Kier alpha value is -0.290. The molecular weight excluding hydrogens is 279 g/mol. The number of amides is 1. The van der Waals surface area contributed by atoms with Gasteiger partial charge < -0.3 is 10.2 Å². The van der Waals surface area contributed by atoms with Crippen molar-refractivity contribution < 1.29 is 4.79 Å². The van der Waals surface area contributed by atoms with E-state index in [0.717, 1.165) is 13.0 Å². The number of thiophene rings is 1. The molecule has 1 unspecified atom stereocenters. The lowest BCUT2D eigenvalue weighted by atomic mass is 10.2. The van der Waals surface area contributed by atoms with E-state index in [1.54, 1.807) is 18.0 Å². The van der Waals surface area contributed by atoms with Gasteiger partial charge in [0.2, 0.25) is 0 Å². The van der Waals surface area contributed by atoms with Crippen molar-refractivity contribution in [3.05, 3.63) is 20.3 Å². The molecule has 1 aliphatic rings. The molecule has 2 rings (SSSR count). The van der Waals surface area contributed by atoms with E-state index in [4.69, 9.17) is 23.2 Å². The van der Waals surface area contributed by atoms with Crippen LogP contribution in [0.3, 0.4) is 0 Å². The average Bonchev–Trinajstić information content (AvgIpc) is 2.87. The van der Waals surface area contributed by atoms with Gasteiger partial charge in [0, 0.05) is 19.6 Å². The Kier molecular flexibility index (Phi) is 4.31. The van der Waals surface area contributed by atoms with Crippen molar-refractivity contribution in [2.75, 3.05) is 20.1 Å². The monoisotopic (exact) mass is 292 g/mol. The van der Waals surface area contributed by atoms with Gasteiger partial charge in [-0.25, -0.2) is 0 Å². The minimum atomic E-state index is -0.0631. The van der Waals surface area contributed by atoms with E-state index in [1.165, 1.54) is 17.8 Å². The summed E-state index contributed by atoms with van der Waals surface area (Å²) in [6, 6.07) is 2.03. The van der Waals surface area contributed by atoms with Gasteiger partial charge >= 0.3 is 0 Å². The molecule has 0 aromatic carbocycles. The fourth-order valence-corrected chi connectivity index (χ4v) is 3.47. The first-order valence-corrected chi connectivity index (χ1v) is 7.09. The fourth-order valence-electron chi connectivity index (χ4n) is 2.02. The van der Waals surface area contributed by atoms with Crippen LogP contribution in [0, 0.1) is 0 Å². The van der Waals surface area contributed by atoms with Gasteiger partial charge in [-0.3, -0.25) is 4.79 Å². The number of halogens is 2. The lowest BCUT2D eigenvalue weighted by Crippen LogP contribution is -2.38.